The van der Waals surface area contributed by atoms with Crippen molar-refractivity contribution in [3.8, 4) is 28.0 Å². The van der Waals surface area contributed by atoms with E-state index in [1.807, 2.05) is 5.10 Å². The van der Waals surface area contributed by atoms with Gasteiger partial charge in [0.25, 0.3) is 5.56 Å². The van der Waals surface area contributed by atoms with Gasteiger partial charge in [-0.25, -0.2) is 9.37 Å². The SMILES string of the molecule is O=c1c(-c2ccc(F)cc2O)cnc2c(-c3ccc(Cl)c(Cl)c3)c(C(F)(F)F)[nH]n12. The lowest BCUT2D eigenvalue weighted by molar-refractivity contribution is -0.140. The zero-order valence-electron chi connectivity index (χ0n) is 14.6. The number of phenols is 1. The third kappa shape index (κ3) is 3.29. The minimum Gasteiger partial charge on any atom is -0.507 e. The van der Waals surface area contributed by atoms with Crippen molar-refractivity contribution in [3.63, 3.8) is 0 Å². The van der Waals surface area contributed by atoms with Crippen LogP contribution in [0, 0.1) is 5.82 Å². The average molecular weight is 458 g/mol. The number of nitrogens with zero attached hydrogens (tertiary/aromatic N) is 2. The molecule has 0 fully saturated rings. The van der Waals surface area contributed by atoms with Gasteiger partial charge in [0.1, 0.15) is 17.3 Å². The molecule has 0 amide bonds. The second-order valence-corrected chi connectivity index (χ2v) is 7.10. The Morgan fingerprint density at radius 1 is 1.03 bits per heavy atom. The number of hydrogen-bond donors (Lipinski definition) is 2. The smallest absolute Gasteiger partial charge is 0.433 e. The van der Waals surface area contributed by atoms with E-state index in [9.17, 15) is 27.5 Å². The van der Waals surface area contributed by atoms with Crippen molar-refractivity contribution in [2.24, 2.45) is 0 Å². The first kappa shape index (κ1) is 20.2. The van der Waals surface area contributed by atoms with E-state index in [4.69, 9.17) is 23.2 Å². The van der Waals surface area contributed by atoms with Crippen LogP contribution in [-0.2, 0) is 6.18 Å². The van der Waals surface area contributed by atoms with Crippen molar-refractivity contribution in [1.82, 2.24) is 14.6 Å². The van der Waals surface area contributed by atoms with Crippen LogP contribution in [0.3, 0.4) is 0 Å². The molecule has 0 atom stereocenters. The number of hydrogen-bond acceptors (Lipinski definition) is 3. The predicted molar refractivity (Wildman–Crippen MR) is 103 cm³/mol. The molecule has 154 valence electrons. The third-order valence-electron chi connectivity index (χ3n) is 4.40. The quantitative estimate of drug-likeness (QED) is 0.389. The van der Waals surface area contributed by atoms with Crippen LogP contribution in [0.1, 0.15) is 5.69 Å². The molecule has 0 unspecified atom stereocenters. The van der Waals surface area contributed by atoms with E-state index < -0.39 is 34.6 Å². The first-order valence-electron chi connectivity index (χ1n) is 8.23. The maximum absolute atomic E-state index is 13.7. The summed E-state index contributed by atoms with van der Waals surface area (Å²) in [5.41, 5.74) is -3.10. The number of alkyl halides is 3. The number of H-pyrrole nitrogens is 1. The van der Waals surface area contributed by atoms with Crippen molar-refractivity contribution >= 4 is 28.8 Å². The number of aromatic amines is 1. The lowest BCUT2D eigenvalue weighted by atomic mass is 10.0. The van der Waals surface area contributed by atoms with Gasteiger partial charge >= 0.3 is 6.18 Å². The molecular weight excluding hydrogens is 449 g/mol. The van der Waals surface area contributed by atoms with E-state index in [2.05, 4.69) is 4.98 Å². The molecule has 30 heavy (non-hydrogen) atoms. The van der Waals surface area contributed by atoms with Crippen LogP contribution < -0.4 is 5.56 Å². The highest BCUT2D eigenvalue weighted by Crippen LogP contribution is 2.40. The predicted octanol–water partition coefficient (Wildman–Crippen LogP) is 5.53. The normalized spacial score (nSPS) is 11.9. The van der Waals surface area contributed by atoms with E-state index >= 15 is 0 Å². The monoisotopic (exact) mass is 457 g/mol. The van der Waals surface area contributed by atoms with Gasteiger partial charge in [0, 0.05) is 17.8 Å². The number of aromatic nitrogens is 3. The molecule has 11 heteroatoms. The highest BCUT2D eigenvalue weighted by atomic mass is 35.5. The highest BCUT2D eigenvalue weighted by molar-refractivity contribution is 6.42. The molecule has 0 saturated heterocycles. The van der Waals surface area contributed by atoms with Crippen molar-refractivity contribution in [2.45, 2.75) is 6.18 Å². The maximum atomic E-state index is 13.7. The summed E-state index contributed by atoms with van der Waals surface area (Å²) >= 11 is 11.8. The Hall–Kier alpha value is -3.04. The van der Waals surface area contributed by atoms with Crippen LogP contribution in [0.4, 0.5) is 17.6 Å². The van der Waals surface area contributed by atoms with Gasteiger partial charge in [0.15, 0.2) is 5.65 Å². The molecule has 2 N–H and O–H groups in total. The standard InChI is InChI=1S/C19H9Cl2F4N3O2/c20-12-4-1-8(5-13(12)21)15-16(19(23,24)25)27-28-17(15)26-7-11(18(28)30)10-3-2-9(22)6-14(10)29/h1-7,27,29H. The Balaban J connectivity index is 2.04. The molecule has 2 heterocycles. The minimum atomic E-state index is -4.85. The van der Waals surface area contributed by atoms with Crippen molar-refractivity contribution in [2.75, 3.05) is 0 Å². The summed E-state index contributed by atoms with van der Waals surface area (Å²) in [4.78, 5) is 16.9. The van der Waals surface area contributed by atoms with Crippen molar-refractivity contribution in [3.05, 3.63) is 74.5 Å². The first-order valence-corrected chi connectivity index (χ1v) is 8.98. The van der Waals surface area contributed by atoms with E-state index in [-0.39, 0.29) is 32.4 Å². The van der Waals surface area contributed by atoms with Gasteiger partial charge in [-0.15, -0.1) is 0 Å². The van der Waals surface area contributed by atoms with Crippen LogP contribution in [0.25, 0.3) is 27.9 Å². The lowest BCUT2D eigenvalue weighted by Crippen LogP contribution is -2.18. The van der Waals surface area contributed by atoms with Crippen molar-refractivity contribution in [1.29, 1.82) is 0 Å². The third-order valence-corrected chi connectivity index (χ3v) is 5.14. The summed E-state index contributed by atoms with van der Waals surface area (Å²) in [6.45, 7) is 0. The number of aromatic hydroxyl groups is 1. The second kappa shape index (κ2) is 7.03. The molecule has 2 aromatic carbocycles. The Morgan fingerprint density at radius 3 is 2.40 bits per heavy atom. The molecule has 4 aromatic rings. The van der Waals surface area contributed by atoms with Gasteiger partial charge in [0.2, 0.25) is 0 Å². The summed E-state index contributed by atoms with van der Waals surface area (Å²) in [5.74, 6) is -1.30. The number of benzene rings is 2. The molecule has 0 aliphatic rings. The zero-order valence-corrected chi connectivity index (χ0v) is 16.1. The van der Waals surface area contributed by atoms with Crippen LogP contribution in [-0.4, -0.2) is 19.7 Å². The number of nitrogens with one attached hydrogen (secondary N) is 1. The summed E-state index contributed by atoms with van der Waals surface area (Å²) < 4.78 is 55.0. The topological polar surface area (TPSA) is 70.4 Å². The summed E-state index contributed by atoms with van der Waals surface area (Å²) in [7, 11) is 0. The van der Waals surface area contributed by atoms with E-state index in [1.165, 1.54) is 18.2 Å². The molecule has 0 radical (unpaired) electrons. The molecule has 0 spiro atoms. The molecule has 5 nitrogen and oxygen atoms in total. The molecule has 0 bridgehead atoms. The van der Waals surface area contributed by atoms with Gasteiger partial charge in [-0.05, 0) is 29.8 Å². The van der Waals surface area contributed by atoms with Gasteiger partial charge in [0.05, 0.1) is 21.2 Å². The van der Waals surface area contributed by atoms with Gasteiger partial charge in [-0.3, -0.25) is 9.89 Å². The van der Waals surface area contributed by atoms with E-state index in [1.54, 1.807) is 0 Å². The van der Waals surface area contributed by atoms with E-state index in [0.717, 1.165) is 24.4 Å². The fraction of sp³-hybridized carbons (Fsp3) is 0.0526. The molecule has 2 aromatic heterocycles. The maximum Gasteiger partial charge on any atom is 0.433 e. The Bertz CT molecular complexity index is 1360. The molecule has 4 rings (SSSR count). The number of halogens is 6. The van der Waals surface area contributed by atoms with Crippen LogP contribution in [0.2, 0.25) is 10.0 Å². The van der Waals surface area contributed by atoms with Crippen molar-refractivity contribution < 1.29 is 22.7 Å². The summed E-state index contributed by atoms with van der Waals surface area (Å²) in [5, 5.41) is 12.1. The van der Waals surface area contributed by atoms with Gasteiger partial charge in [-0.2, -0.15) is 17.7 Å². The van der Waals surface area contributed by atoms with Crippen LogP contribution >= 0.6 is 23.2 Å². The molecule has 0 saturated carbocycles. The number of phenolic OH excluding ortho intramolecular Hbond substituents is 1. The Kier molecular flexibility index (Phi) is 4.74. The minimum absolute atomic E-state index is 0.0249. The summed E-state index contributed by atoms with van der Waals surface area (Å²) in [6, 6.07) is 6.78. The van der Waals surface area contributed by atoms with Crippen LogP contribution in [0.15, 0.2) is 47.4 Å². The fourth-order valence-corrected chi connectivity index (χ4v) is 3.36. The second-order valence-electron chi connectivity index (χ2n) is 6.29. The summed E-state index contributed by atoms with van der Waals surface area (Å²) in [6.07, 6.45) is -3.83. The fourth-order valence-electron chi connectivity index (χ4n) is 3.06. The lowest BCUT2D eigenvalue weighted by Gasteiger charge is -2.08. The van der Waals surface area contributed by atoms with Gasteiger partial charge < -0.3 is 5.11 Å². The Labute approximate surface area is 175 Å². The Morgan fingerprint density at radius 2 is 1.77 bits per heavy atom. The van der Waals surface area contributed by atoms with Crippen LogP contribution in [0.5, 0.6) is 5.75 Å². The molecule has 0 aliphatic heterocycles. The zero-order chi connectivity index (χ0) is 21.8. The average Bonchev–Trinajstić information content (AvgIpc) is 3.06. The number of rotatable bonds is 2. The largest absolute Gasteiger partial charge is 0.507 e. The van der Waals surface area contributed by atoms with E-state index in [0.29, 0.717) is 4.52 Å². The number of fused-ring (bicyclic) bond motifs is 1. The highest BCUT2D eigenvalue weighted by Gasteiger charge is 2.38. The first-order chi connectivity index (χ1) is 14.1. The van der Waals surface area contributed by atoms with Gasteiger partial charge in [-0.1, -0.05) is 29.3 Å². The molecular formula is C19H9Cl2F4N3O2. The molecule has 0 aliphatic carbocycles.